The van der Waals surface area contributed by atoms with E-state index in [-0.39, 0.29) is 16.9 Å². The Labute approximate surface area is 126 Å². The molecule has 20 heavy (non-hydrogen) atoms. The van der Waals surface area contributed by atoms with Crippen molar-refractivity contribution in [3.63, 3.8) is 0 Å². The van der Waals surface area contributed by atoms with Crippen LogP contribution in [-0.2, 0) is 0 Å². The number of hydrogen-bond acceptors (Lipinski definition) is 3. The molecule has 1 aromatic heterocycles. The van der Waals surface area contributed by atoms with Crippen LogP contribution in [0.15, 0.2) is 12.3 Å². The van der Waals surface area contributed by atoms with E-state index >= 15 is 0 Å². The van der Waals surface area contributed by atoms with Crippen LogP contribution in [0.2, 0.25) is 5.02 Å². The number of nitrogens with one attached hydrogen (secondary N) is 2. The highest BCUT2D eigenvalue weighted by molar-refractivity contribution is 6.33. The van der Waals surface area contributed by atoms with Crippen LogP contribution >= 0.6 is 11.6 Å². The molecule has 0 saturated carbocycles. The van der Waals surface area contributed by atoms with Gasteiger partial charge in [-0.3, -0.25) is 4.79 Å². The Kier molecular flexibility index (Phi) is 5.03. The van der Waals surface area contributed by atoms with E-state index in [2.05, 4.69) is 36.4 Å². The number of anilines is 1. The Balaban J connectivity index is 2.83. The Morgan fingerprint density at radius 3 is 2.35 bits per heavy atom. The molecule has 0 spiro atoms. The zero-order chi connectivity index (χ0) is 15.6. The topological polar surface area (TPSA) is 54.0 Å². The fourth-order valence-corrected chi connectivity index (χ4v) is 2.76. The molecule has 0 aromatic carbocycles. The van der Waals surface area contributed by atoms with Crippen molar-refractivity contribution in [3.8, 4) is 0 Å². The molecule has 2 N–H and O–H groups in total. The summed E-state index contributed by atoms with van der Waals surface area (Å²) in [6, 6.07) is 1.63. The zero-order valence-corrected chi connectivity index (χ0v) is 13.9. The second-order valence-electron chi connectivity index (χ2n) is 6.88. The number of hydrogen-bond donors (Lipinski definition) is 2. The van der Waals surface area contributed by atoms with Gasteiger partial charge in [-0.15, -0.1) is 0 Å². The SMILES string of the molecule is CNc1ncc(C(=O)NC(C)(C)CC(C)(C)C)cc1Cl. The maximum absolute atomic E-state index is 12.3. The number of aromatic nitrogens is 1. The van der Waals surface area contributed by atoms with E-state index in [0.29, 0.717) is 16.4 Å². The molecule has 0 saturated heterocycles. The van der Waals surface area contributed by atoms with Gasteiger partial charge in [0.2, 0.25) is 0 Å². The number of carbonyl (C=O) groups is 1. The van der Waals surface area contributed by atoms with Crippen LogP contribution in [-0.4, -0.2) is 23.5 Å². The molecule has 1 aromatic rings. The number of halogens is 1. The van der Waals surface area contributed by atoms with Crippen molar-refractivity contribution in [2.45, 2.75) is 46.6 Å². The molecule has 0 radical (unpaired) electrons. The first kappa shape index (κ1) is 16.8. The quantitative estimate of drug-likeness (QED) is 0.890. The first-order chi connectivity index (χ1) is 9.04. The van der Waals surface area contributed by atoms with Crippen molar-refractivity contribution in [2.24, 2.45) is 5.41 Å². The number of amides is 1. The number of carbonyl (C=O) groups excluding carboxylic acids is 1. The molecule has 0 aliphatic heterocycles. The van der Waals surface area contributed by atoms with Crippen LogP contribution in [0.25, 0.3) is 0 Å². The van der Waals surface area contributed by atoms with Gasteiger partial charge in [-0.05, 0) is 31.7 Å². The normalized spacial score (nSPS) is 12.2. The Morgan fingerprint density at radius 2 is 1.90 bits per heavy atom. The third kappa shape index (κ3) is 5.00. The molecule has 0 aliphatic rings. The number of nitrogens with zero attached hydrogens (tertiary/aromatic N) is 1. The third-order valence-electron chi connectivity index (χ3n) is 2.76. The van der Waals surface area contributed by atoms with Crippen LogP contribution in [0.1, 0.15) is 51.4 Å². The van der Waals surface area contributed by atoms with Gasteiger partial charge in [-0.2, -0.15) is 0 Å². The summed E-state index contributed by atoms with van der Waals surface area (Å²) in [6.07, 6.45) is 2.40. The standard InChI is InChI=1S/C15H24ClN3O/c1-14(2,3)9-15(4,5)19-13(20)10-7-11(16)12(17-6)18-8-10/h7-8H,9H2,1-6H3,(H,17,18)(H,19,20). The highest BCUT2D eigenvalue weighted by Gasteiger charge is 2.27. The van der Waals surface area contributed by atoms with E-state index in [1.165, 1.54) is 6.20 Å². The van der Waals surface area contributed by atoms with Gasteiger partial charge in [-0.25, -0.2) is 4.98 Å². The maximum atomic E-state index is 12.3. The molecule has 1 amide bonds. The molecular weight excluding hydrogens is 274 g/mol. The summed E-state index contributed by atoms with van der Waals surface area (Å²) < 4.78 is 0. The average molecular weight is 298 g/mol. The summed E-state index contributed by atoms with van der Waals surface area (Å²) >= 11 is 6.05. The second kappa shape index (κ2) is 6.00. The van der Waals surface area contributed by atoms with Crippen LogP contribution in [0, 0.1) is 5.41 Å². The van der Waals surface area contributed by atoms with Gasteiger partial charge in [0.15, 0.2) is 0 Å². The summed E-state index contributed by atoms with van der Waals surface area (Å²) in [5, 5.41) is 6.34. The van der Waals surface area contributed by atoms with Gasteiger partial charge in [0.05, 0.1) is 10.6 Å². The first-order valence-electron chi connectivity index (χ1n) is 6.70. The fourth-order valence-electron chi connectivity index (χ4n) is 2.50. The van der Waals surface area contributed by atoms with Gasteiger partial charge in [0, 0.05) is 18.8 Å². The lowest BCUT2D eigenvalue weighted by atomic mass is 9.81. The fraction of sp³-hybridized carbons (Fsp3) is 0.600. The van der Waals surface area contributed by atoms with Crippen molar-refractivity contribution >= 4 is 23.3 Å². The van der Waals surface area contributed by atoms with E-state index in [1.54, 1.807) is 13.1 Å². The third-order valence-corrected chi connectivity index (χ3v) is 3.05. The van der Waals surface area contributed by atoms with Crippen LogP contribution in [0.4, 0.5) is 5.82 Å². The molecule has 5 heteroatoms. The molecule has 0 atom stereocenters. The van der Waals surface area contributed by atoms with Crippen molar-refractivity contribution in [2.75, 3.05) is 12.4 Å². The van der Waals surface area contributed by atoms with Gasteiger partial charge in [-0.1, -0.05) is 32.4 Å². The zero-order valence-electron chi connectivity index (χ0n) is 13.1. The van der Waals surface area contributed by atoms with Crippen molar-refractivity contribution in [3.05, 3.63) is 22.8 Å². The van der Waals surface area contributed by atoms with Crippen LogP contribution < -0.4 is 10.6 Å². The molecule has 0 aliphatic carbocycles. The summed E-state index contributed by atoms with van der Waals surface area (Å²) in [4.78, 5) is 16.4. The highest BCUT2D eigenvalue weighted by Crippen LogP contribution is 2.27. The Morgan fingerprint density at radius 1 is 1.30 bits per heavy atom. The Bertz CT molecular complexity index is 492. The lowest BCUT2D eigenvalue weighted by Gasteiger charge is -2.33. The van der Waals surface area contributed by atoms with Gasteiger partial charge < -0.3 is 10.6 Å². The molecule has 1 rings (SSSR count). The van der Waals surface area contributed by atoms with Crippen LogP contribution in [0.3, 0.4) is 0 Å². The number of rotatable bonds is 4. The van der Waals surface area contributed by atoms with E-state index in [1.807, 2.05) is 13.8 Å². The molecule has 0 unspecified atom stereocenters. The second-order valence-corrected chi connectivity index (χ2v) is 7.29. The predicted octanol–water partition coefficient (Wildman–Crippen LogP) is 3.72. The maximum Gasteiger partial charge on any atom is 0.253 e. The predicted molar refractivity (Wildman–Crippen MR) is 84.4 cm³/mol. The molecule has 0 fully saturated rings. The summed E-state index contributed by atoms with van der Waals surface area (Å²) in [6.45, 7) is 10.5. The van der Waals surface area contributed by atoms with Crippen molar-refractivity contribution in [1.82, 2.24) is 10.3 Å². The number of pyridine rings is 1. The molecule has 1 heterocycles. The lowest BCUT2D eigenvalue weighted by Crippen LogP contribution is -2.45. The van der Waals surface area contributed by atoms with E-state index in [4.69, 9.17) is 11.6 Å². The minimum Gasteiger partial charge on any atom is -0.372 e. The van der Waals surface area contributed by atoms with E-state index in [0.717, 1.165) is 6.42 Å². The molecule has 112 valence electrons. The van der Waals surface area contributed by atoms with E-state index in [9.17, 15) is 4.79 Å². The molecule has 4 nitrogen and oxygen atoms in total. The lowest BCUT2D eigenvalue weighted by molar-refractivity contribution is 0.0891. The van der Waals surface area contributed by atoms with Crippen molar-refractivity contribution in [1.29, 1.82) is 0 Å². The van der Waals surface area contributed by atoms with Crippen LogP contribution in [0.5, 0.6) is 0 Å². The first-order valence-corrected chi connectivity index (χ1v) is 7.08. The average Bonchev–Trinajstić information content (AvgIpc) is 2.24. The summed E-state index contributed by atoms with van der Waals surface area (Å²) in [7, 11) is 1.74. The van der Waals surface area contributed by atoms with Gasteiger partial charge in [0.25, 0.3) is 5.91 Å². The molecular formula is C15H24ClN3O. The highest BCUT2D eigenvalue weighted by atomic mass is 35.5. The van der Waals surface area contributed by atoms with Gasteiger partial charge in [0.1, 0.15) is 5.82 Å². The monoisotopic (exact) mass is 297 g/mol. The van der Waals surface area contributed by atoms with E-state index < -0.39 is 0 Å². The smallest absolute Gasteiger partial charge is 0.253 e. The van der Waals surface area contributed by atoms with Crippen molar-refractivity contribution < 1.29 is 4.79 Å². The molecule has 0 bridgehead atoms. The largest absolute Gasteiger partial charge is 0.372 e. The minimum absolute atomic E-state index is 0.142. The van der Waals surface area contributed by atoms with Gasteiger partial charge >= 0.3 is 0 Å². The summed E-state index contributed by atoms with van der Waals surface area (Å²) in [5.41, 5.74) is 0.322. The minimum atomic E-state index is -0.288. The Hall–Kier alpha value is -1.29. The summed E-state index contributed by atoms with van der Waals surface area (Å²) in [5.74, 6) is 0.411.